The lowest BCUT2D eigenvalue weighted by Gasteiger charge is -2.49. The third kappa shape index (κ3) is 3.01. The predicted molar refractivity (Wildman–Crippen MR) is 85.6 cm³/mol. The molecule has 1 aromatic carbocycles. The highest BCUT2D eigenvalue weighted by Crippen LogP contribution is 2.51. The molecule has 0 aliphatic heterocycles. The van der Waals surface area contributed by atoms with E-state index in [0.29, 0.717) is 6.04 Å². The molecule has 2 nitrogen and oxygen atoms in total. The Balaban J connectivity index is 2.29. The summed E-state index contributed by atoms with van der Waals surface area (Å²) in [6.45, 7) is 9.97. The Morgan fingerprint density at radius 1 is 1.35 bits per heavy atom. The van der Waals surface area contributed by atoms with Gasteiger partial charge in [-0.2, -0.15) is 0 Å². The van der Waals surface area contributed by atoms with Gasteiger partial charge in [0, 0.05) is 23.6 Å². The van der Waals surface area contributed by atoms with Gasteiger partial charge in [0.2, 0.25) is 0 Å². The van der Waals surface area contributed by atoms with Gasteiger partial charge in [0.25, 0.3) is 0 Å². The smallest absolute Gasteiger partial charge is 0.122 e. The Kier molecular flexibility index (Phi) is 4.74. The number of hydrogen-bond donors (Lipinski definition) is 1. The van der Waals surface area contributed by atoms with E-state index in [1.165, 1.54) is 30.4 Å². The number of ether oxygens (including phenoxy) is 1. The van der Waals surface area contributed by atoms with Crippen LogP contribution in [-0.2, 0) is 5.41 Å². The van der Waals surface area contributed by atoms with E-state index in [4.69, 9.17) is 4.74 Å². The zero-order chi connectivity index (χ0) is 14.8. The molecule has 20 heavy (non-hydrogen) atoms. The van der Waals surface area contributed by atoms with Crippen LogP contribution in [0, 0.1) is 12.8 Å². The quantitative estimate of drug-likeness (QED) is 0.845. The van der Waals surface area contributed by atoms with E-state index in [0.717, 1.165) is 18.2 Å². The van der Waals surface area contributed by atoms with E-state index < -0.39 is 0 Å². The highest BCUT2D eigenvalue weighted by Gasteiger charge is 2.45. The molecule has 112 valence electrons. The minimum atomic E-state index is 0.266. The van der Waals surface area contributed by atoms with Crippen LogP contribution < -0.4 is 10.1 Å². The van der Waals surface area contributed by atoms with Crippen molar-refractivity contribution in [3.63, 3.8) is 0 Å². The van der Waals surface area contributed by atoms with Crippen molar-refractivity contribution in [1.29, 1.82) is 0 Å². The average Bonchev–Trinajstić information content (AvgIpc) is 2.37. The standard InChI is InChI=1S/C18H29NO/c1-6-15-10-18(11-15,12-19-13(2)3)16-9-14(4)7-8-17(16)20-5/h7-9,13,15,19H,6,10-12H2,1-5H3. The highest BCUT2D eigenvalue weighted by molar-refractivity contribution is 5.44. The molecule has 0 heterocycles. The Bertz CT molecular complexity index is 447. The van der Waals surface area contributed by atoms with Gasteiger partial charge >= 0.3 is 0 Å². The van der Waals surface area contributed by atoms with Gasteiger partial charge in [-0.3, -0.25) is 0 Å². The van der Waals surface area contributed by atoms with Crippen LogP contribution >= 0.6 is 0 Å². The van der Waals surface area contributed by atoms with E-state index >= 15 is 0 Å². The summed E-state index contributed by atoms with van der Waals surface area (Å²) in [7, 11) is 1.79. The SMILES string of the molecule is CCC1CC(CNC(C)C)(c2cc(C)ccc2OC)C1. The van der Waals surface area contributed by atoms with Crippen molar-refractivity contribution in [2.24, 2.45) is 5.92 Å². The fraction of sp³-hybridized carbons (Fsp3) is 0.667. The Labute approximate surface area is 123 Å². The van der Waals surface area contributed by atoms with Crippen LogP contribution in [0.1, 0.15) is 51.2 Å². The van der Waals surface area contributed by atoms with Crippen molar-refractivity contribution in [2.45, 2.75) is 58.4 Å². The monoisotopic (exact) mass is 275 g/mol. The van der Waals surface area contributed by atoms with Crippen molar-refractivity contribution in [2.75, 3.05) is 13.7 Å². The van der Waals surface area contributed by atoms with Crippen molar-refractivity contribution < 1.29 is 4.74 Å². The first-order valence-corrected chi connectivity index (χ1v) is 7.89. The maximum atomic E-state index is 5.63. The molecule has 2 rings (SSSR count). The summed E-state index contributed by atoms with van der Waals surface area (Å²) in [6, 6.07) is 7.12. The van der Waals surface area contributed by atoms with Gasteiger partial charge in [0.1, 0.15) is 5.75 Å². The molecule has 1 fully saturated rings. The van der Waals surface area contributed by atoms with E-state index in [9.17, 15) is 0 Å². The molecule has 1 aliphatic rings. The fourth-order valence-electron chi connectivity index (χ4n) is 3.43. The molecular weight excluding hydrogens is 246 g/mol. The number of nitrogens with one attached hydrogen (secondary N) is 1. The lowest BCUT2D eigenvalue weighted by Crippen LogP contribution is -2.50. The Morgan fingerprint density at radius 3 is 2.60 bits per heavy atom. The summed E-state index contributed by atoms with van der Waals surface area (Å²) in [4.78, 5) is 0. The molecular formula is C18H29NO. The molecule has 0 aromatic heterocycles. The number of aryl methyl sites for hydroxylation is 1. The minimum absolute atomic E-state index is 0.266. The second-order valence-electron chi connectivity index (χ2n) is 6.70. The van der Waals surface area contributed by atoms with Crippen LogP contribution in [0.25, 0.3) is 0 Å². The van der Waals surface area contributed by atoms with Crippen LogP contribution in [0.3, 0.4) is 0 Å². The normalized spacial score (nSPS) is 25.6. The first-order chi connectivity index (χ1) is 9.50. The second kappa shape index (κ2) is 6.17. The van der Waals surface area contributed by atoms with Crippen LogP contribution in [0.5, 0.6) is 5.75 Å². The summed E-state index contributed by atoms with van der Waals surface area (Å²) in [5, 5.41) is 3.65. The van der Waals surface area contributed by atoms with Crippen molar-refractivity contribution in [3.05, 3.63) is 29.3 Å². The Morgan fingerprint density at radius 2 is 2.05 bits per heavy atom. The van der Waals surface area contributed by atoms with Gasteiger partial charge in [-0.1, -0.05) is 44.9 Å². The maximum Gasteiger partial charge on any atom is 0.122 e. The summed E-state index contributed by atoms with van der Waals surface area (Å²) in [6.07, 6.45) is 3.85. The first kappa shape index (κ1) is 15.4. The van der Waals surface area contributed by atoms with Gasteiger partial charge in [0.15, 0.2) is 0 Å². The molecule has 0 bridgehead atoms. The van der Waals surface area contributed by atoms with Crippen LogP contribution in [0.4, 0.5) is 0 Å². The van der Waals surface area contributed by atoms with E-state index in [1.54, 1.807) is 7.11 Å². The topological polar surface area (TPSA) is 21.3 Å². The molecule has 1 aromatic rings. The number of rotatable bonds is 6. The molecule has 0 unspecified atom stereocenters. The predicted octanol–water partition coefficient (Wildman–Crippen LogP) is 4.06. The third-order valence-corrected chi connectivity index (χ3v) is 4.71. The summed E-state index contributed by atoms with van der Waals surface area (Å²) >= 11 is 0. The average molecular weight is 275 g/mol. The van der Waals surface area contributed by atoms with E-state index in [1.807, 2.05) is 0 Å². The molecule has 1 aliphatic carbocycles. The van der Waals surface area contributed by atoms with Gasteiger partial charge in [-0.15, -0.1) is 0 Å². The van der Waals surface area contributed by atoms with Crippen molar-refractivity contribution in [1.82, 2.24) is 5.32 Å². The summed E-state index contributed by atoms with van der Waals surface area (Å²) in [5.41, 5.74) is 2.99. The lowest BCUT2D eigenvalue weighted by molar-refractivity contribution is 0.128. The number of benzene rings is 1. The molecule has 0 saturated heterocycles. The zero-order valence-electron chi connectivity index (χ0n) is 13.6. The summed E-state index contributed by atoms with van der Waals surface area (Å²) in [5.74, 6) is 1.92. The van der Waals surface area contributed by atoms with Crippen molar-refractivity contribution >= 4 is 0 Å². The fourth-order valence-corrected chi connectivity index (χ4v) is 3.43. The second-order valence-corrected chi connectivity index (χ2v) is 6.70. The lowest BCUT2D eigenvalue weighted by atomic mass is 9.57. The van der Waals surface area contributed by atoms with Gasteiger partial charge in [-0.05, 0) is 31.7 Å². The zero-order valence-corrected chi connectivity index (χ0v) is 13.6. The van der Waals surface area contributed by atoms with E-state index in [2.05, 4.69) is 51.2 Å². The van der Waals surface area contributed by atoms with Gasteiger partial charge in [0.05, 0.1) is 7.11 Å². The highest BCUT2D eigenvalue weighted by atomic mass is 16.5. The number of methoxy groups -OCH3 is 1. The number of hydrogen-bond acceptors (Lipinski definition) is 2. The third-order valence-electron chi connectivity index (χ3n) is 4.71. The molecule has 1 N–H and O–H groups in total. The molecule has 1 saturated carbocycles. The van der Waals surface area contributed by atoms with E-state index in [-0.39, 0.29) is 5.41 Å². The minimum Gasteiger partial charge on any atom is -0.496 e. The summed E-state index contributed by atoms with van der Waals surface area (Å²) < 4.78 is 5.63. The van der Waals surface area contributed by atoms with Gasteiger partial charge in [-0.25, -0.2) is 0 Å². The molecule has 0 spiro atoms. The van der Waals surface area contributed by atoms with Crippen LogP contribution in [0.2, 0.25) is 0 Å². The first-order valence-electron chi connectivity index (χ1n) is 7.89. The molecule has 0 amide bonds. The van der Waals surface area contributed by atoms with Gasteiger partial charge < -0.3 is 10.1 Å². The molecule has 0 radical (unpaired) electrons. The van der Waals surface area contributed by atoms with Crippen LogP contribution in [-0.4, -0.2) is 19.7 Å². The Hall–Kier alpha value is -1.02. The van der Waals surface area contributed by atoms with Crippen molar-refractivity contribution in [3.8, 4) is 5.75 Å². The molecule has 0 atom stereocenters. The van der Waals surface area contributed by atoms with Crippen LogP contribution in [0.15, 0.2) is 18.2 Å². The molecule has 2 heteroatoms. The maximum absolute atomic E-state index is 5.63. The largest absolute Gasteiger partial charge is 0.496 e.